The number of nitrogens with zero attached hydrogens (tertiary/aromatic N) is 2. The van der Waals surface area contributed by atoms with E-state index in [0.29, 0.717) is 39.1 Å². The second-order valence-electron chi connectivity index (χ2n) is 7.23. The van der Waals surface area contributed by atoms with Crippen LogP contribution in [0, 0.1) is 0 Å². The standard InChI is InChI=1S/C25H21ClN4O5/c1-3-4-16(31)14-33-23-11-15(5-7-19(23)26)29-25-30-20-12-17(6-8-22(20)35-25)34-18-9-10-28-21(13-18)24(32)27-2/h3-13H,14H2,1-2H3,(H,27,32)(H,29,30). The largest absolute Gasteiger partial charge is 0.484 e. The molecule has 0 bridgehead atoms. The summed E-state index contributed by atoms with van der Waals surface area (Å²) in [5.74, 6) is 0.851. The fourth-order valence-corrected chi connectivity index (χ4v) is 3.26. The van der Waals surface area contributed by atoms with Crippen molar-refractivity contribution in [2.24, 2.45) is 0 Å². The molecule has 0 atom stereocenters. The van der Waals surface area contributed by atoms with Crippen molar-refractivity contribution in [1.82, 2.24) is 15.3 Å². The number of allylic oxidation sites excluding steroid dienone is 1. The Balaban J connectivity index is 1.49. The Bertz CT molecular complexity index is 1420. The number of benzene rings is 2. The molecular weight excluding hydrogens is 472 g/mol. The number of hydrogen-bond donors (Lipinski definition) is 2. The molecule has 0 saturated carbocycles. The third-order valence-electron chi connectivity index (χ3n) is 4.69. The van der Waals surface area contributed by atoms with E-state index in [2.05, 4.69) is 20.6 Å². The lowest BCUT2D eigenvalue weighted by Crippen LogP contribution is -2.18. The van der Waals surface area contributed by atoms with Crippen LogP contribution in [0.1, 0.15) is 17.4 Å². The van der Waals surface area contributed by atoms with Gasteiger partial charge in [0.25, 0.3) is 11.9 Å². The van der Waals surface area contributed by atoms with Crippen LogP contribution in [-0.2, 0) is 4.79 Å². The van der Waals surface area contributed by atoms with Crippen molar-refractivity contribution in [3.8, 4) is 17.2 Å². The minimum atomic E-state index is -0.307. The number of amides is 1. The number of halogens is 1. The molecule has 0 aliphatic heterocycles. The van der Waals surface area contributed by atoms with E-state index >= 15 is 0 Å². The van der Waals surface area contributed by atoms with E-state index in [1.54, 1.807) is 61.5 Å². The Labute approximate surface area is 205 Å². The Kier molecular flexibility index (Phi) is 7.27. The summed E-state index contributed by atoms with van der Waals surface area (Å²) in [5, 5.41) is 5.96. The number of ether oxygens (including phenoxy) is 2. The molecule has 0 unspecified atom stereocenters. The maximum Gasteiger partial charge on any atom is 0.300 e. The number of pyridine rings is 1. The van der Waals surface area contributed by atoms with Gasteiger partial charge in [0.15, 0.2) is 18.0 Å². The minimum absolute atomic E-state index is 0.124. The van der Waals surface area contributed by atoms with Crippen LogP contribution in [0.5, 0.6) is 17.2 Å². The van der Waals surface area contributed by atoms with Gasteiger partial charge in [-0.1, -0.05) is 17.7 Å². The molecule has 35 heavy (non-hydrogen) atoms. The van der Waals surface area contributed by atoms with Crippen LogP contribution < -0.4 is 20.1 Å². The number of rotatable bonds is 9. The summed E-state index contributed by atoms with van der Waals surface area (Å²) >= 11 is 6.18. The summed E-state index contributed by atoms with van der Waals surface area (Å²) < 4.78 is 17.1. The minimum Gasteiger partial charge on any atom is -0.484 e. The quantitative estimate of drug-likeness (QED) is 0.302. The highest BCUT2D eigenvalue weighted by atomic mass is 35.5. The number of hydrogen-bond acceptors (Lipinski definition) is 8. The predicted molar refractivity (Wildman–Crippen MR) is 132 cm³/mol. The summed E-state index contributed by atoms with van der Waals surface area (Å²) in [4.78, 5) is 31.9. The monoisotopic (exact) mass is 492 g/mol. The van der Waals surface area contributed by atoms with Gasteiger partial charge in [-0.05, 0) is 43.3 Å². The first-order valence-corrected chi connectivity index (χ1v) is 10.9. The fourth-order valence-electron chi connectivity index (χ4n) is 3.09. The van der Waals surface area contributed by atoms with Crippen molar-refractivity contribution in [2.75, 3.05) is 19.0 Å². The third kappa shape index (κ3) is 5.96. The van der Waals surface area contributed by atoms with Crippen LogP contribution in [0.2, 0.25) is 5.02 Å². The van der Waals surface area contributed by atoms with Gasteiger partial charge in [0, 0.05) is 37.1 Å². The zero-order valence-electron chi connectivity index (χ0n) is 18.9. The summed E-state index contributed by atoms with van der Waals surface area (Å²) in [6.07, 6.45) is 4.58. The highest BCUT2D eigenvalue weighted by Crippen LogP contribution is 2.31. The number of carbonyl (C=O) groups excluding carboxylic acids is 2. The van der Waals surface area contributed by atoms with Gasteiger partial charge in [-0.15, -0.1) is 0 Å². The Hall–Kier alpha value is -4.37. The molecule has 0 aliphatic rings. The van der Waals surface area contributed by atoms with E-state index in [1.807, 2.05) is 0 Å². The third-order valence-corrected chi connectivity index (χ3v) is 5.00. The first-order valence-electron chi connectivity index (χ1n) is 10.6. The van der Waals surface area contributed by atoms with Gasteiger partial charge in [0.05, 0.1) is 5.02 Å². The summed E-state index contributed by atoms with van der Waals surface area (Å²) in [6.45, 7) is 1.63. The van der Waals surface area contributed by atoms with E-state index in [4.69, 9.17) is 25.5 Å². The second kappa shape index (κ2) is 10.7. The first kappa shape index (κ1) is 23.8. The van der Waals surface area contributed by atoms with E-state index in [9.17, 15) is 9.59 Å². The molecule has 2 heterocycles. The van der Waals surface area contributed by atoms with E-state index in [0.717, 1.165) is 0 Å². The first-order chi connectivity index (χ1) is 16.9. The summed E-state index contributed by atoms with van der Waals surface area (Å²) in [6, 6.07) is 13.7. The van der Waals surface area contributed by atoms with Crippen molar-refractivity contribution in [3.63, 3.8) is 0 Å². The molecule has 4 aromatic rings. The molecule has 0 radical (unpaired) electrons. The number of anilines is 2. The van der Waals surface area contributed by atoms with Crippen molar-refractivity contribution in [1.29, 1.82) is 0 Å². The maximum absolute atomic E-state index is 11.8. The number of oxazole rings is 1. The Morgan fingerprint density at radius 1 is 1.11 bits per heavy atom. The SMILES string of the molecule is CC=CC(=O)COc1cc(Nc2nc3cc(Oc4ccnc(C(=O)NC)c4)ccc3o2)ccc1Cl. The molecule has 10 heteroatoms. The van der Waals surface area contributed by atoms with Crippen LogP contribution in [0.15, 0.2) is 71.3 Å². The Morgan fingerprint density at radius 2 is 1.94 bits per heavy atom. The highest BCUT2D eigenvalue weighted by molar-refractivity contribution is 6.32. The number of aromatic nitrogens is 2. The second-order valence-corrected chi connectivity index (χ2v) is 7.64. The van der Waals surface area contributed by atoms with E-state index < -0.39 is 0 Å². The molecular formula is C25H21ClN4O5. The molecule has 0 fully saturated rings. The molecule has 1 amide bonds. The van der Waals surface area contributed by atoms with Gasteiger partial charge in [-0.2, -0.15) is 4.98 Å². The fraction of sp³-hybridized carbons (Fsp3) is 0.120. The average Bonchev–Trinajstić information content (AvgIpc) is 3.25. The van der Waals surface area contributed by atoms with Crippen LogP contribution in [0.3, 0.4) is 0 Å². The molecule has 0 saturated heterocycles. The maximum atomic E-state index is 11.8. The molecule has 9 nitrogen and oxygen atoms in total. The van der Waals surface area contributed by atoms with Crippen LogP contribution in [0.4, 0.5) is 11.7 Å². The van der Waals surface area contributed by atoms with Crippen LogP contribution in [0.25, 0.3) is 11.1 Å². The molecule has 0 aliphatic carbocycles. The zero-order chi connectivity index (χ0) is 24.8. The van der Waals surface area contributed by atoms with Crippen LogP contribution in [-0.4, -0.2) is 35.3 Å². The van der Waals surface area contributed by atoms with Gasteiger partial charge >= 0.3 is 0 Å². The highest BCUT2D eigenvalue weighted by Gasteiger charge is 2.12. The smallest absolute Gasteiger partial charge is 0.300 e. The van der Waals surface area contributed by atoms with Crippen LogP contribution >= 0.6 is 11.6 Å². The van der Waals surface area contributed by atoms with Gasteiger partial charge in [-0.3, -0.25) is 14.6 Å². The van der Waals surface area contributed by atoms with Gasteiger partial charge < -0.3 is 24.5 Å². The van der Waals surface area contributed by atoms with Gasteiger partial charge in [-0.25, -0.2) is 0 Å². The molecule has 2 N–H and O–H groups in total. The van der Waals surface area contributed by atoms with E-state index in [1.165, 1.54) is 19.3 Å². The summed E-state index contributed by atoms with van der Waals surface area (Å²) in [7, 11) is 1.53. The zero-order valence-corrected chi connectivity index (χ0v) is 19.6. The summed E-state index contributed by atoms with van der Waals surface area (Å²) in [5.41, 5.74) is 1.97. The molecule has 0 spiro atoms. The lowest BCUT2D eigenvalue weighted by molar-refractivity contribution is -0.116. The lowest BCUT2D eigenvalue weighted by atomic mass is 10.3. The van der Waals surface area contributed by atoms with E-state index in [-0.39, 0.29) is 30.0 Å². The molecule has 178 valence electrons. The number of carbonyl (C=O) groups is 2. The molecule has 2 aromatic carbocycles. The van der Waals surface area contributed by atoms with Crippen molar-refractivity contribution in [3.05, 3.63) is 77.6 Å². The van der Waals surface area contributed by atoms with Gasteiger partial charge in [0.2, 0.25) is 0 Å². The van der Waals surface area contributed by atoms with Crippen molar-refractivity contribution < 1.29 is 23.5 Å². The van der Waals surface area contributed by atoms with Crippen molar-refractivity contribution >= 4 is 46.1 Å². The van der Waals surface area contributed by atoms with Gasteiger partial charge in [0.1, 0.15) is 28.5 Å². The normalized spacial score (nSPS) is 10.9. The Morgan fingerprint density at radius 3 is 2.74 bits per heavy atom. The average molecular weight is 493 g/mol. The molecule has 4 rings (SSSR count). The number of ketones is 1. The lowest BCUT2D eigenvalue weighted by Gasteiger charge is -2.09. The topological polar surface area (TPSA) is 116 Å². The molecule has 2 aromatic heterocycles. The predicted octanol–water partition coefficient (Wildman–Crippen LogP) is 5.30. The number of nitrogens with one attached hydrogen (secondary N) is 2. The van der Waals surface area contributed by atoms with Crippen molar-refractivity contribution in [2.45, 2.75) is 6.92 Å². The number of fused-ring (bicyclic) bond motifs is 1.